The van der Waals surface area contributed by atoms with E-state index in [-0.39, 0.29) is 12.1 Å². The van der Waals surface area contributed by atoms with E-state index >= 15 is 0 Å². The van der Waals surface area contributed by atoms with Gasteiger partial charge in [0.1, 0.15) is 29.7 Å². The number of hydrogen-bond donors (Lipinski definition) is 1. The number of carbonyl (C=O) groups excluding carboxylic acids is 2. The molecule has 2 aromatic carbocycles. The molecule has 0 spiro atoms. The molecule has 5 aromatic rings. The van der Waals surface area contributed by atoms with Crippen molar-refractivity contribution < 1.29 is 23.5 Å². The molecule has 0 bridgehead atoms. The lowest BCUT2D eigenvalue weighted by Crippen LogP contribution is -2.43. The third-order valence-corrected chi connectivity index (χ3v) is 6.25. The average molecular weight is 530 g/mol. The predicted octanol–water partition coefficient (Wildman–Crippen LogP) is 5.34. The van der Waals surface area contributed by atoms with Crippen LogP contribution in [-0.2, 0) is 22.6 Å². The van der Waals surface area contributed by atoms with Crippen LogP contribution in [0.25, 0.3) is 16.8 Å². The number of nitrogens with one attached hydrogen (secondary N) is 1. The molecule has 0 aliphatic heterocycles. The number of amides is 1. The van der Waals surface area contributed by atoms with Gasteiger partial charge in [0.05, 0.1) is 19.6 Å². The number of pyridine rings is 1. The summed E-state index contributed by atoms with van der Waals surface area (Å²) in [5, 5.41) is 3.42. The highest BCUT2D eigenvalue weighted by atomic mass is 35.5. The molecule has 0 fully saturated rings. The van der Waals surface area contributed by atoms with Crippen molar-refractivity contribution in [1.82, 2.24) is 14.7 Å². The number of furan rings is 1. The van der Waals surface area contributed by atoms with Crippen LogP contribution < -0.4 is 10.1 Å². The average Bonchev–Trinajstić information content (AvgIpc) is 3.62. The van der Waals surface area contributed by atoms with Crippen LogP contribution in [0.15, 0.2) is 96.1 Å². The van der Waals surface area contributed by atoms with Crippen LogP contribution in [0, 0.1) is 0 Å². The second kappa shape index (κ2) is 11.2. The van der Waals surface area contributed by atoms with E-state index in [4.69, 9.17) is 25.5 Å². The number of ether oxygens (including phenoxy) is 2. The van der Waals surface area contributed by atoms with E-state index < -0.39 is 17.9 Å². The van der Waals surface area contributed by atoms with Gasteiger partial charge in [0, 0.05) is 29.4 Å². The summed E-state index contributed by atoms with van der Waals surface area (Å²) < 4.78 is 17.5. The van der Waals surface area contributed by atoms with E-state index in [9.17, 15) is 9.59 Å². The van der Waals surface area contributed by atoms with Gasteiger partial charge in [-0.15, -0.1) is 0 Å². The number of hydrogen-bond acceptors (Lipinski definition) is 6. The van der Waals surface area contributed by atoms with E-state index in [1.807, 2.05) is 72.9 Å². The van der Waals surface area contributed by atoms with Crippen molar-refractivity contribution in [2.45, 2.75) is 19.1 Å². The summed E-state index contributed by atoms with van der Waals surface area (Å²) in [6.45, 7) is 0.386. The van der Waals surface area contributed by atoms with Crippen LogP contribution in [0.5, 0.6) is 5.75 Å². The molecular formula is C29H24ClN3O5. The molecular weight excluding hydrogens is 506 g/mol. The zero-order valence-electron chi connectivity index (χ0n) is 20.5. The van der Waals surface area contributed by atoms with Crippen LogP contribution >= 0.6 is 11.6 Å². The maximum atomic E-state index is 13.0. The van der Waals surface area contributed by atoms with Gasteiger partial charge in [-0.25, -0.2) is 9.78 Å². The van der Waals surface area contributed by atoms with E-state index in [0.29, 0.717) is 23.0 Å². The first-order chi connectivity index (χ1) is 18.5. The van der Waals surface area contributed by atoms with Gasteiger partial charge < -0.3 is 23.6 Å². The van der Waals surface area contributed by atoms with Gasteiger partial charge >= 0.3 is 5.97 Å². The summed E-state index contributed by atoms with van der Waals surface area (Å²) in [6.07, 6.45) is 6.98. The summed E-state index contributed by atoms with van der Waals surface area (Å²) in [5.74, 6) is -0.346. The normalized spacial score (nSPS) is 11.7. The first kappa shape index (κ1) is 25.1. The number of imidazole rings is 1. The Bertz CT molecular complexity index is 1540. The Labute approximate surface area is 223 Å². The number of nitrogens with zero attached hydrogens (tertiary/aromatic N) is 2. The summed E-state index contributed by atoms with van der Waals surface area (Å²) in [6, 6.07) is 19.5. The molecule has 0 saturated carbocycles. The summed E-state index contributed by atoms with van der Waals surface area (Å²) >= 11 is 5.99. The summed E-state index contributed by atoms with van der Waals surface area (Å²) in [4.78, 5) is 29.9. The quantitative estimate of drug-likeness (QED) is 0.259. The Kier molecular flexibility index (Phi) is 7.42. The number of carbonyl (C=O) groups is 2. The molecule has 0 saturated heterocycles. The molecule has 1 unspecified atom stereocenters. The highest BCUT2D eigenvalue weighted by Crippen LogP contribution is 2.22. The van der Waals surface area contributed by atoms with Crippen LogP contribution in [0.2, 0.25) is 5.02 Å². The summed E-state index contributed by atoms with van der Waals surface area (Å²) in [7, 11) is 1.29. The van der Waals surface area contributed by atoms with Gasteiger partial charge in [-0.05, 0) is 59.2 Å². The fourth-order valence-electron chi connectivity index (χ4n) is 3.98. The minimum atomic E-state index is -0.889. The number of esters is 1. The van der Waals surface area contributed by atoms with Crippen molar-refractivity contribution >= 4 is 29.1 Å². The largest absolute Gasteiger partial charge is 0.489 e. The van der Waals surface area contributed by atoms with Crippen molar-refractivity contribution in [3.05, 3.63) is 113 Å². The molecule has 0 aliphatic rings. The second-order valence-electron chi connectivity index (χ2n) is 8.63. The molecule has 1 N–H and O–H groups in total. The molecule has 0 radical (unpaired) electrons. The highest BCUT2D eigenvalue weighted by Gasteiger charge is 2.24. The van der Waals surface area contributed by atoms with Gasteiger partial charge in [-0.3, -0.25) is 4.79 Å². The molecule has 38 heavy (non-hydrogen) atoms. The Morgan fingerprint density at radius 1 is 0.974 bits per heavy atom. The fourth-order valence-corrected chi connectivity index (χ4v) is 4.11. The molecule has 3 aromatic heterocycles. The van der Waals surface area contributed by atoms with Gasteiger partial charge in [-0.1, -0.05) is 35.9 Å². The van der Waals surface area contributed by atoms with Crippen LogP contribution in [-0.4, -0.2) is 34.4 Å². The third kappa shape index (κ3) is 5.87. The second-order valence-corrected chi connectivity index (χ2v) is 9.07. The zero-order chi connectivity index (χ0) is 26.5. The zero-order valence-corrected chi connectivity index (χ0v) is 21.2. The summed E-state index contributed by atoms with van der Waals surface area (Å²) in [5.41, 5.74) is 4.49. The van der Waals surface area contributed by atoms with Crippen molar-refractivity contribution in [1.29, 1.82) is 0 Å². The first-order valence-corrected chi connectivity index (χ1v) is 12.2. The van der Waals surface area contributed by atoms with Crippen molar-refractivity contribution in [2.24, 2.45) is 0 Å². The third-order valence-electron chi connectivity index (χ3n) is 6.00. The molecule has 3 heterocycles. The Balaban J connectivity index is 1.27. The van der Waals surface area contributed by atoms with Gasteiger partial charge in [0.25, 0.3) is 5.91 Å². The van der Waals surface area contributed by atoms with Crippen LogP contribution in [0.4, 0.5) is 0 Å². The van der Waals surface area contributed by atoms with Gasteiger partial charge in [0.2, 0.25) is 0 Å². The molecule has 5 rings (SSSR count). The van der Waals surface area contributed by atoms with Gasteiger partial charge in [0.15, 0.2) is 0 Å². The molecule has 8 nitrogen and oxygen atoms in total. The molecule has 0 aliphatic carbocycles. The maximum Gasteiger partial charge on any atom is 0.328 e. The lowest BCUT2D eigenvalue weighted by atomic mass is 10.1. The SMILES string of the molecule is COC(=O)C(Cc1ccc(OCc2ccoc2)cc1)NC(=O)c1cn2cc(-c3ccc(Cl)cc3)ccc2n1. The standard InChI is InChI=1S/C29H24ClN3O5/c1-36-29(35)25(14-19-2-9-24(10-3-19)38-18-20-12-13-37-17-20)32-28(34)26-16-33-15-22(6-11-27(33)31-26)21-4-7-23(30)8-5-21/h2-13,15-17,25H,14,18H2,1H3,(H,32,34). The number of halogens is 1. The molecule has 1 amide bonds. The minimum Gasteiger partial charge on any atom is -0.489 e. The number of methoxy groups -OCH3 is 1. The molecule has 9 heteroatoms. The van der Waals surface area contributed by atoms with Crippen molar-refractivity contribution in [3.63, 3.8) is 0 Å². The highest BCUT2D eigenvalue weighted by molar-refractivity contribution is 6.30. The predicted molar refractivity (Wildman–Crippen MR) is 142 cm³/mol. The lowest BCUT2D eigenvalue weighted by Gasteiger charge is -2.16. The topological polar surface area (TPSA) is 95.1 Å². The van der Waals surface area contributed by atoms with E-state index in [1.54, 1.807) is 23.1 Å². The number of fused-ring (bicyclic) bond motifs is 1. The molecule has 1 atom stereocenters. The fraction of sp³-hybridized carbons (Fsp3) is 0.138. The van der Waals surface area contributed by atoms with Crippen molar-refractivity contribution in [2.75, 3.05) is 7.11 Å². The van der Waals surface area contributed by atoms with E-state index in [0.717, 1.165) is 22.3 Å². The lowest BCUT2D eigenvalue weighted by molar-refractivity contribution is -0.142. The minimum absolute atomic E-state index is 0.190. The van der Waals surface area contributed by atoms with Crippen LogP contribution in [0.3, 0.4) is 0 Å². The van der Waals surface area contributed by atoms with E-state index in [2.05, 4.69) is 10.3 Å². The van der Waals surface area contributed by atoms with Crippen molar-refractivity contribution in [3.8, 4) is 16.9 Å². The smallest absolute Gasteiger partial charge is 0.328 e. The Morgan fingerprint density at radius 3 is 2.45 bits per heavy atom. The number of aromatic nitrogens is 2. The Hall–Kier alpha value is -4.56. The van der Waals surface area contributed by atoms with Crippen LogP contribution in [0.1, 0.15) is 21.6 Å². The first-order valence-electron chi connectivity index (χ1n) is 11.8. The maximum absolute atomic E-state index is 13.0. The monoisotopic (exact) mass is 529 g/mol. The van der Waals surface area contributed by atoms with E-state index in [1.165, 1.54) is 7.11 Å². The van der Waals surface area contributed by atoms with Gasteiger partial charge in [-0.2, -0.15) is 0 Å². The number of rotatable bonds is 9. The number of benzene rings is 2. The molecule has 192 valence electrons. The Morgan fingerprint density at radius 2 is 1.74 bits per heavy atom.